The molecule has 5 heteroatoms. The molecule has 162 valence electrons. The second-order valence-corrected chi connectivity index (χ2v) is 12.3. The monoisotopic (exact) mass is 447 g/mol. The van der Waals surface area contributed by atoms with Gasteiger partial charge >= 0.3 is 7.12 Å². The van der Waals surface area contributed by atoms with E-state index in [1.165, 1.54) is 0 Å². The molecule has 0 heterocycles. The number of hydrogen-bond acceptors (Lipinski definition) is 3. The minimum absolute atomic E-state index is 0.101. The minimum atomic E-state index is -3.09. The Bertz CT molecular complexity index is 1100. The highest BCUT2D eigenvalue weighted by Crippen LogP contribution is 2.38. The van der Waals surface area contributed by atoms with Gasteiger partial charge in [-0.05, 0) is 33.9 Å². The molecular formula is C28H26BNO2Si. The second-order valence-electron chi connectivity index (χ2n) is 8.25. The van der Waals surface area contributed by atoms with Crippen LogP contribution in [0.3, 0.4) is 0 Å². The van der Waals surface area contributed by atoms with Crippen molar-refractivity contribution in [1.82, 2.24) is 0 Å². The van der Waals surface area contributed by atoms with Gasteiger partial charge in [-0.2, -0.15) is 5.26 Å². The lowest BCUT2D eigenvalue weighted by atomic mass is 9.79. The number of hydrogen-bond donors (Lipinski definition) is 2. The summed E-state index contributed by atoms with van der Waals surface area (Å²) in [6.07, 6.45) is 0.416. The molecule has 33 heavy (non-hydrogen) atoms. The number of nitriles is 1. The van der Waals surface area contributed by atoms with Gasteiger partial charge < -0.3 is 10.0 Å². The van der Waals surface area contributed by atoms with E-state index < -0.39 is 20.2 Å². The Morgan fingerprint density at radius 1 is 0.636 bits per heavy atom. The Labute approximate surface area is 196 Å². The van der Waals surface area contributed by atoms with Crippen LogP contribution in [0, 0.1) is 11.3 Å². The third-order valence-corrected chi connectivity index (χ3v) is 12.0. The largest absolute Gasteiger partial charge is 0.451 e. The van der Waals surface area contributed by atoms with E-state index in [1.54, 1.807) is 0 Å². The maximum absolute atomic E-state index is 11.1. The average Bonchev–Trinajstić information content (AvgIpc) is 2.89. The minimum Gasteiger partial charge on any atom is -0.427 e. The number of benzene rings is 4. The fourth-order valence-electron chi connectivity index (χ4n) is 5.12. The molecule has 4 rings (SSSR count). The van der Waals surface area contributed by atoms with Gasteiger partial charge in [0, 0.05) is 0 Å². The fraction of sp³-hybridized carbons (Fsp3) is 0.107. The Morgan fingerprint density at radius 3 is 1.33 bits per heavy atom. The highest BCUT2D eigenvalue weighted by atomic mass is 28.3. The van der Waals surface area contributed by atoms with Gasteiger partial charge in [-0.3, -0.25) is 0 Å². The van der Waals surface area contributed by atoms with E-state index in [-0.39, 0.29) is 6.32 Å². The average molecular weight is 447 g/mol. The summed E-state index contributed by atoms with van der Waals surface area (Å²) in [5.41, 5.74) is 0.899. The zero-order valence-electron chi connectivity index (χ0n) is 18.4. The number of nitrogens with zero attached hydrogens (tertiary/aromatic N) is 1. The molecular weight excluding hydrogens is 421 g/mol. The fourth-order valence-corrected chi connectivity index (χ4v) is 11.0. The van der Waals surface area contributed by atoms with E-state index in [1.807, 2.05) is 84.9 Å². The van der Waals surface area contributed by atoms with Crippen molar-refractivity contribution in [3.05, 3.63) is 127 Å². The first-order valence-corrected chi connectivity index (χ1v) is 13.1. The summed E-state index contributed by atoms with van der Waals surface area (Å²) in [6, 6.07) is 43.5. The molecule has 4 aromatic rings. The Kier molecular flexibility index (Phi) is 6.91. The van der Waals surface area contributed by atoms with Crippen molar-refractivity contribution in [2.75, 3.05) is 0 Å². The van der Waals surface area contributed by atoms with Crippen LogP contribution in [0.5, 0.6) is 0 Å². The molecule has 0 fully saturated rings. The molecule has 0 amide bonds. The molecule has 0 saturated heterocycles. The van der Waals surface area contributed by atoms with Crippen LogP contribution >= 0.6 is 0 Å². The van der Waals surface area contributed by atoms with Crippen molar-refractivity contribution in [2.45, 2.75) is 17.8 Å². The molecule has 1 atom stereocenters. The summed E-state index contributed by atoms with van der Waals surface area (Å²) < 4.78 is 0. The summed E-state index contributed by atoms with van der Waals surface area (Å²) in [5.74, 6) is 0. The first-order valence-electron chi connectivity index (χ1n) is 11.1. The van der Waals surface area contributed by atoms with Crippen molar-refractivity contribution in [1.29, 1.82) is 5.26 Å². The van der Waals surface area contributed by atoms with Crippen LogP contribution in [0.4, 0.5) is 0 Å². The quantitative estimate of drug-likeness (QED) is 0.323. The van der Waals surface area contributed by atoms with Gasteiger partial charge in [-0.1, -0.05) is 121 Å². The SMILES string of the molecule is N#CC(CCB(O)O)(c1ccccc1)[Si](c1ccccc1)(c1ccccc1)c1ccccc1. The summed E-state index contributed by atoms with van der Waals surface area (Å²) in [5, 5.41) is 33.2. The molecule has 4 aromatic carbocycles. The standard InChI is InChI=1S/C28H26BNO2Si/c30-23-28(21-22-29(31)32,24-13-5-1-6-14-24)33(25-15-7-2-8-16-25,26-17-9-3-10-18-26)27-19-11-4-12-20-27/h1-20,31-32H,21-22H2. The first-order chi connectivity index (χ1) is 16.1. The predicted octanol–water partition coefficient (Wildman–Crippen LogP) is 3.02. The summed E-state index contributed by atoms with van der Waals surface area (Å²) >= 11 is 0. The van der Waals surface area contributed by atoms with Gasteiger partial charge in [0.2, 0.25) is 0 Å². The zero-order chi connectivity index (χ0) is 23.2. The summed E-state index contributed by atoms with van der Waals surface area (Å²) in [7, 11) is -4.58. The molecule has 0 radical (unpaired) electrons. The third-order valence-electron chi connectivity index (χ3n) is 6.50. The van der Waals surface area contributed by atoms with E-state index in [0.717, 1.165) is 21.1 Å². The number of rotatable bonds is 8. The van der Waals surface area contributed by atoms with Crippen molar-refractivity contribution in [3.63, 3.8) is 0 Å². The van der Waals surface area contributed by atoms with Crippen molar-refractivity contribution in [2.24, 2.45) is 0 Å². The van der Waals surface area contributed by atoms with E-state index in [9.17, 15) is 15.3 Å². The van der Waals surface area contributed by atoms with Crippen LogP contribution in [0.25, 0.3) is 0 Å². The Balaban J connectivity index is 2.19. The van der Waals surface area contributed by atoms with Gasteiger partial charge in [-0.15, -0.1) is 0 Å². The molecule has 0 spiro atoms. The van der Waals surface area contributed by atoms with E-state index in [0.29, 0.717) is 6.42 Å². The van der Waals surface area contributed by atoms with Gasteiger partial charge in [0.05, 0.1) is 11.1 Å². The van der Waals surface area contributed by atoms with Crippen molar-refractivity contribution < 1.29 is 10.0 Å². The molecule has 0 aliphatic heterocycles. The molecule has 0 saturated carbocycles. The Hall–Kier alpha value is -3.43. The molecule has 0 aliphatic carbocycles. The van der Waals surface area contributed by atoms with Crippen molar-refractivity contribution in [3.8, 4) is 6.07 Å². The van der Waals surface area contributed by atoms with E-state index in [2.05, 4.69) is 42.5 Å². The molecule has 3 nitrogen and oxygen atoms in total. The topological polar surface area (TPSA) is 64.2 Å². The molecule has 2 N–H and O–H groups in total. The van der Waals surface area contributed by atoms with Crippen LogP contribution in [-0.2, 0) is 5.04 Å². The second kappa shape index (κ2) is 10.0. The van der Waals surface area contributed by atoms with E-state index in [4.69, 9.17) is 0 Å². The maximum Gasteiger partial charge on any atom is 0.451 e. The van der Waals surface area contributed by atoms with Crippen LogP contribution in [-0.4, -0.2) is 25.2 Å². The zero-order valence-corrected chi connectivity index (χ0v) is 19.4. The highest BCUT2D eigenvalue weighted by molar-refractivity contribution is 7.13. The normalized spacial score (nSPS) is 13.0. The third kappa shape index (κ3) is 4.05. The predicted molar refractivity (Wildman–Crippen MR) is 137 cm³/mol. The first kappa shape index (κ1) is 22.8. The lowest BCUT2D eigenvalue weighted by Crippen LogP contribution is -2.78. The maximum atomic E-state index is 11.1. The van der Waals surface area contributed by atoms with Gasteiger partial charge in [-0.25, -0.2) is 0 Å². The van der Waals surface area contributed by atoms with Crippen LogP contribution < -0.4 is 15.6 Å². The highest BCUT2D eigenvalue weighted by Gasteiger charge is 2.58. The van der Waals surface area contributed by atoms with E-state index >= 15 is 0 Å². The van der Waals surface area contributed by atoms with Crippen LogP contribution in [0.1, 0.15) is 12.0 Å². The lowest BCUT2D eigenvalue weighted by Gasteiger charge is -2.47. The lowest BCUT2D eigenvalue weighted by molar-refractivity contribution is 0.400. The molecule has 0 aliphatic rings. The Morgan fingerprint density at radius 2 is 1.00 bits per heavy atom. The van der Waals surface area contributed by atoms with Crippen molar-refractivity contribution >= 4 is 30.8 Å². The van der Waals surface area contributed by atoms with Gasteiger partial charge in [0.25, 0.3) is 0 Å². The molecule has 0 aromatic heterocycles. The molecule has 1 unspecified atom stereocenters. The van der Waals surface area contributed by atoms with Gasteiger partial charge in [0.15, 0.2) is 8.07 Å². The summed E-state index contributed by atoms with van der Waals surface area (Å²) in [6.45, 7) is 0. The van der Waals surface area contributed by atoms with Gasteiger partial charge in [0.1, 0.15) is 0 Å². The van der Waals surface area contributed by atoms with Crippen LogP contribution in [0.2, 0.25) is 6.32 Å². The van der Waals surface area contributed by atoms with Crippen LogP contribution in [0.15, 0.2) is 121 Å². The molecule has 0 bridgehead atoms. The smallest absolute Gasteiger partial charge is 0.427 e. The summed E-state index contributed by atoms with van der Waals surface area (Å²) in [4.78, 5) is 0.